The number of nitrogens with zero attached hydrogens (tertiary/aromatic N) is 2. The van der Waals surface area contributed by atoms with Crippen LogP contribution in [0, 0.1) is 0 Å². The summed E-state index contributed by atoms with van der Waals surface area (Å²) >= 11 is 9.16. The van der Waals surface area contributed by atoms with Crippen LogP contribution in [0.3, 0.4) is 0 Å². The molecule has 0 atom stereocenters. The van der Waals surface area contributed by atoms with Gasteiger partial charge in [-0.1, -0.05) is 0 Å². The molecule has 2 aromatic rings. The summed E-state index contributed by atoms with van der Waals surface area (Å²) in [5.41, 5.74) is 2.19. The topological polar surface area (TPSA) is 17.8 Å². The molecule has 74 valence electrons. The van der Waals surface area contributed by atoms with Crippen LogP contribution < -0.4 is 0 Å². The molecule has 0 aliphatic rings. The molecular formula is C10H10BrClN2. The highest BCUT2D eigenvalue weighted by molar-refractivity contribution is 9.08. The van der Waals surface area contributed by atoms with Crippen LogP contribution in [0.5, 0.6) is 0 Å². The lowest BCUT2D eigenvalue weighted by Gasteiger charge is -1.98. The minimum absolute atomic E-state index is 0.696. The molecule has 0 spiro atoms. The largest absolute Gasteiger partial charge is 0.264 e. The molecule has 0 aliphatic carbocycles. The van der Waals surface area contributed by atoms with Crippen LogP contribution in [0.25, 0.3) is 11.0 Å². The van der Waals surface area contributed by atoms with E-state index in [1.165, 1.54) is 5.69 Å². The molecule has 2 heterocycles. The second kappa shape index (κ2) is 4.32. The summed E-state index contributed by atoms with van der Waals surface area (Å²) in [7, 11) is 0. The molecule has 0 aliphatic heterocycles. The summed E-state index contributed by atoms with van der Waals surface area (Å²) in [5, 5.41) is 1.16. The number of hydrogen-bond acceptors (Lipinski definition) is 1. The fourth-order valence-corrected chi connectivity index (χ4v) is 2.19. The van der Waals surface area contributed by atoms with Gasteiger partial charge < -0.3 is 0 Å². The standard InChI is InChI=1S/C10H10BrClN2/c11-14-9(4-1-5-12)7-8-3-2-6-13-10(8)14/h2-3,6-7H,1,4-5H2. The van der Waals surface area contributed by atoms with E-state index >= 15 is 0 Å². The minimum atomic E-state index is 0.696. The van der Waals surface area contributed by atoms with Crippen molar-refractivity contribution in [3.8, 4) is 0 Å². The van der Waals surface area contributed by atoms with E-state index in [1.807, 2.05) is 9.66 Å². The normalized spacial score (nSPS) is 11.0. The zero-order valence-corrected chi connectivity index (χ0v) is 9.92. The van der Waals surface area contributed by atoms with Crippen LogP contribution in [0.4, 0.5) is 0 Å². The highest BCUT2D eigenvalue weighted by Gasteiger charge is 2.06. The molecule has 4 heteroatoms. The first-order chi connectivity index (χ1) is 6.83. The predicted octanol–water partition coefficient (Wildman–Crippen LogP) is 3.37. The lowest BCUT2D eigenvalue weighted by Crippen LogP contribution is -1.91. The first kappa shape index (κ1) is 9.99. The second-order valence-electron chi connectivity index (χ2n) is 3.13. The van der Waals surface area contributed by atoms with Crippen LogP contribution in [0.1, 0.15) is 12.1 Å². The van der Waals surface area contributed by atoms with Crippen molar-refractivity contribution in [2.75, 3.05) is 5.88 Å². The number of fused-ring (bicyclic) bond motifs is 1. The molecule has 0 saturated heterocycles. The van der Waals surface area contributed by atoms with E-state index in [0.717, 1.165) is 23.9 Å². The Balaban J connectivity index is 2.41. The van der Waals surface area contributed by atoms with Crippen molar-refractivity contribution < 1.29 is 0 Å². The van der Waals surface area contributed by atoms with Gasteiger partial charge >= 0.3 is 0 Å². The van der Waals surface area contributed by atoms with Crippen molar-refractivity contribution in [2.45, 2.75) is 12.8 Å². The molecule has 2 nitrogen and oxygen atoms in total. The molecule has 2 aromatic heterocycles. The first-order valence-corrected chi connectivity index (χ1v) is 5.75. The summed E-state index contributed by atoms with van der Waals surface area (Å²) in [4.78, 5) is 4.29. The van der Waals surface area contributed by atoms with Crippen LogP contribution in [-0.2, 0) is 6.42 Å². The summed E-state index contributed by atoms with van der Waals surface area (Å²) in [6, 6.07) is 6.15. The van der Waals surface area contributed by atoms with Crippen molar-refractivity contribution in [3.05, 3.63) is 30.1 Å². The van der Waals surface area contributed by atoms with E-state index in [9.17, 15) is 0 Å². The number of aromatic nitrogens is 2. The number of halogens is 2. The average Bonchev–Trinajstić information content (AvgIpc) is 2.54. The van der Waals surface area contributed by atoms with Crippen molar-refractivity contribution in [2.24, 2.45) is 0 Å². The van der Waals surface area contributed by atoms with Gasteiger partial charge in [0, 0.05) is 23.2 Å². The fourth-order valence-electron chi connectivity index (χ4n) is 1.48. The Hall–Kier alpha value is -0.540. The molecular weight excluding hydrogens is 263 g/mol. The zero-order chi connectivity index (χ0) is 9.97. The third kappa shape index (κ3) is 1.79. The van der Waals surface area contributed by atoms with E-state index in [4.69, 9.17) is 11.6 Å². The van der Waals surface area contributed by atoms with Gasteiger partial charge in [-0.3, -0.25) is 3.59 Å². The van der Waals surface area contributed by atoms with Gasteiger partial charge in [0.1, 0.15) is 5.65 Å². The number of rotatable bonds is 3. The number of aryl methyl sites for hydroxylation is 1. The van der Waals surface area contributed by atoms with Gasteiger partial charge in [-0.2, -0.15) is 0 Å². The molecule has 0 fully saturated rings. The minimum Gasteiger partial charge on any atom is -0.264 e. The van der Waals surface area contributed by atoms with E-state index in [0.29, 0.717) is 5.88 Å². The Bertz CT molecular complexity index is 439. The molecule has 0 unspecified atom stereocenters. The zero-order valence-electron chi connectivity index (χ0n) is 7.58. The molecule has 0 radical (unpaired) electrons. The van der Waals surface area contributed by atoms with Crippen molar-refractivity contribution >= 4 is 38.8 Å². The molecule has 14 heavy (non-hydrogen) atoms. The maximum atomic E-state index is 5.66. The molecule has 0 bridgehead atoms. The summed E-state index contributed by atoms with van der Waals surface area (Å²) in [6.45, 7) is 0. The Morgan fingerprint density at radius 2 is 2.36 bits per heavy atom. The van der Waals surface area contributed by atoms with E-state index in [-0.39, 0.29) is 0 Å². The molecule has 0 aromatic carbocycles. The predicted molar refractivity (Wildman–Crippen MR) is 63.1 cm³/mol. The monoisotopic (exact) mass is 272 g/mol. The number of alkyl halides is 1. The molecule has 2 rings (SSSR count). The van der Waals surface area contributed by atoms with Crippen LogP contribution >= 0.6 is 27.7 Å². The maximum Gasteiger partial charge on any atom is 0.150 e. The van der Waals surface area contributed by atoms with Crippen molar-refractivity contribution in [1.29, 1.82) is 0 Å². The molecule has 0 N–H and O–H groups in total. The van der Waals surface area contributed by atoms with E-state index < -0.39 is 0 Å². The summed E-state index contributed by atoms with van der Waals surface area (Å²) in [6.07, 6.45) is 3.76. The maximum absolute atomic E-state index is 5.66. The van der Waals surface area contributed by atoms with Crippen LogP contribution in [-0.4, -0.2) is 14.5 Å². The second-order valence-corrected chi connectivity index (χ2v) is 4.21. The van der Waals surface area contributed by atoms with E-state index in [1.54, 1.807) is 6.20 Å². The SMILES string of the molecule is ClCCCc1cc2cccnc2n1Br. The summed E-state index contributed by atoms with van der Waals surface area (Å²) < 4.78 is 1.95. The Kier molecular flexibility index (Phi) is 3.08. The molecule has 0 amide bonds. The summed E-state index contributed by atoms with van der Waals surface area (Å²) in [5.74, 6) is 0.696. The van der Waals surface area contributed by atoms with Crippen molar-refractivity contribution in [3.63, 3.8) is 0 Å². The van der Waals surface area contributed by atoms with Gasteiger partial charge in [-0.15, -0.1) is 11.6 Å². The fraction of sp³-hybridized carbons (Fsp3) is 0.300. The lowest BCUT2D eigenvalue weighted by molar-refractivity contribution is 0.891. The van der Waals surface area contributed by atoms with Gasteiger partial charge in [0.05, 0.1) is 16.1 Å². The van der Waals surface area contributed by atoms with Gasteiger partial charge in [-0.05, 0) is 31.0 Å². The van der Waals surface area contributed by atoms with Gasteiger partial charge in [0.15, 0.2) is 0 Å². The Morgan fingerprint density at radius 3 is 3.07 bits per heavy atom. The van der Waals surface area contributed by atoms with Crippen LogP contribution in [0.15, 0.2) is 24.4 Å². The van der Waals surface area contributed by atoms with Gasteiger partial charge in [-0.25, -0.2) is 4.98 Å². The lowest BCUT2D eigenvalue weighted by atomic mass is 10.2. The third-order valence-corrected chi connectivity index (χ3v) is 3.20. The van der Waals surface area contributed by atoms with Gasteiger partial charge in [0.25, 0.3) is 0 Å². The number of pyridine rings is 1. The van der Waals surface area contributed by atoms with Crippen molar-refractivity contribution in [1.82, 2.24) is 8.58 Å². The quantitative estimate of drug-likeness (QED) is 0.784. The highest BCUT2D eigenvalue weighted by atomic mass is 79.9. The Labute approximate surface area is 96.2 Å². The van der Waals surface area contributed by atoms with Gasteiger partial charge in [0.2, 0.25) is 0 Å². The highest BCUT2D eigenvalue weighted by Crippen LogP contribution is 2.20. The van der Waals surface area contributed by atoms with Crippen LogP contribution in [0.2, 0.25) is 0 Å². The third-order valence-electron chi connectivity index (χ3n) is 2.14. The first-order valence-electron chi connectivity index (χ1n) is 4.50. The number of hydrogen-bond donors (Lipinski definition) is 0. The Morgan fingerprint density at radius 1 is 1.50 bits per heavy atom. The molecule has 0 saturated carbocycles. The smallest absolute Gasteiger partial charge is 0.150 e. The average molecular weight is 274 g/mol. The van der Waals surface area contributed by atoms with E-state index in [2.05, 4.69) is 33.3 Å².